The van der Waals surface area contributed by atoms with Crippen LogP contribution in [0, 0.1) is 6.92 Å². The third kappa shape index (κ3) is 2.02. The van der Waals surface area contributed by atoms with Crippen molar-refractivity contribution in [2.24, 2.45) is 0 Å². The summed E-state index contributed by atoms with van der Waals surface area (Å²) in [5, 5.41) is 11.3. The largest absolute Gasteiger partial charge is 0.478 e. The van der Waals surface area contributed by atoms with Gasteiger partial charge in [0.05, 0.1) is 5.56 Å². The Labute approximate surface area is 148 Å². The van der Waals surface area contributed by atoms with Crippen molar-refractivity contribution < 1.29 is 28.8 Å². The highest BCUT2D eigenvalue weighted by Crippen LogP contribution is 2.47. The van der Waals surface area contributed by atoms with E-state index >= 15 is 0 Å². The third-order valence-electron chi connectivity index (χ3n) is 4.79. The maximum atomic E-state index is 11.8. The predicted molar refractivity (Wildman–Crippen MR) is 93.3 cm³/mol. The Hall–Kier alpha value is -3.41. The van der Waals surface area contributed by atoms with Crippen LogP contribution in [0.1, 0.15) is 15.9 Å². The normalized spacial score (nSPS) is 14.0. The molecule has 2 heterocycles. The lowest BCUT2D eigenvalue weighted by molar-refractivity contribution is 0.0696. The van der Waals surface area contributed by atoms with E-state index in [4.69, 9.17) is 18.9 Å². The fourth-order valence-corrected chi connectivity index (χ4v) is 3.59. The van der Waals surface area contributed by atoms with Crippen LogP contribution in [0.15, 0.2) is 36.4 Å². The van der Waals surface area contributed by atoms with Crippen molar-refractivity contribution >= 4 is 16.7 Å². The Kier molecular flexibility index (Phi) is 3.03. The maximum absolute atomic E-state index is 11.8. The Balaban J connectivity index is 1.89. The summed E-state index contributed by atoms with van der Waals surface area (Å²) >= 11 is 0. The van der Waals surface area contributed by atoms with E-state index in [1.54, 1.807) is 19.1 Å². The molecule has 0 saturated heterocycles. The standard InChI is InChI=1S/C20H14O6/c1-10-13(20(21)22)6-11-3-5-15-19(26-9-24-15)18(11)17(10)12-2-4-14-16(7-12)25-8-23-14/h2-7H,8-9H2,1H3,(H,21,22). The first-order chi connectivity index (χ1) is 12.6. The van der Waals surface area contributed by atoms with Crippen molar-refractivity contribution in [3.05, 3.63) is 47.5 Å². The quantitative estimate of drug-likeness (QED) is 0.754. The molecule has 0 atom stereocenters. The van der Waals surface area contributed by atoms with Gasteiger partial charge in [0, 0.05) is 5.39 Å². The van der Waals surface area contributed by atoms with Gasteiger partial charge < -0.3 is 24.1 Å². The van der Waals surface area contributed by atoms with Crippen molar-refractivity contribution in [3.8, 4) is 34.1 Å². The van der Waals surface area contributed by atoms with Gasteiger partial charge in [-0.25, -0.2) is 4.79 Å². The predicted octanol–water partition coefficient (Wildman–Crippen LogP) is 3.97. The molecular weight excluding hydrogens is 336 g/mol. The fraction of sp³-hybridized carbons (Fsp3) is 0.150. The van der Waals surface area contributed by atoms with Gasteiger partial charge in [-0.15, -0.1) is 0 Å². The lowest BCUT2D eigenvalue weighted by Gasteiger charge is -2.15. The molecule has 0 unspecified atom stereocenters. The molecule has 0 aliphatic carbocycles. The molecular formula is C20H14O6. The van der Waals surface area contributed by atoms with Gasteiger partial charge in [0.1, 0.15) is 0 Å². The number of hydrogen-bond acceptors (Lipinski definition) is 5. The first kappa shape index (κ1) is 14.9. The van der Waals surface area contributed by atoms with Crippen molar-refractivity contribution in [1.29, 1.82) is 0 Å². The molecule has 0 spiro atoms. The molecule has 0 aromatic heterocycles. The third-order valence-corrected chi connectivity index (χ3v) is 4.79. The second kappa shape index (κ2) is 5.29. The fourth-order valence-electron chi connectivity index (χ4n) is 3.59. The van der Waals surface area contributed by atoms with Crippen LogP contribution < -0.4 is 18.9 Å². The minimum absolute atomic E-state index is 0.148. The average Bonchev–Trinajstić information content (AvgIpc) is 3.29. The van der Waals surface area contributed by atoms with Crippen LogP contribution in [0.2, 0.25) is 0 Å². The van der Waals surface area contributed by atoms with Gasteiger partial charge >= 0.3 is 5.97 Å². The smallest absolute Gasteiger partial charge is 0.335 e. The molecule has 3 aromatic carbocycles. The second-order valence-electron chi connectivity index (χ2n) is 6.19. The SMILES string of the molecule is Cc1c(C(=O)O)cc2ccc3c(c2c1-c1ccc2c(c1)OCO2)OCO3. The number of carbonyl (C=O) groups is 1. The minimum atomic E-state index is -0.968. The summed E-state index contributed by atoms with van der Waals surface area (Å²) in [5.74, 6) is 1.64. The molecule has 0 radical (unpaired) electrons. The molecule has 0 saturated carbocycles. The van der Waals surface area contributed by atoms with Gasteiger partial charge in [0.25, 0.3) is 0 Å². The molecule has 3 aromatic rings. The summed E-state index contributed by atoms with van der Waals surface area (Å²) in [6.45, 7) is 2.13. The monoisotopic (exact) mass is 350 g/mol. The highest BCUT2D eigenvalue weighted by molar-refractivity contribution is 6.08. The minimum Gasteiger partial charge on any atom is -0.478 e. The van der Waals surface area contributed by atoms with Crippen LogP contribution in [-0.2, 0) is 0 Å². The summed E-state index contributed by atoms with van der Waals surface area (Å²) in [4.78, 5) is 11.8. The number of ether oxygens (including phenoxy) is 4. The lowest BCUT2D eigenvalue weighted by atomic mass is 9.89. The Morgan fingerprint density at radius 3 is 2.50 bits per heavy atom. The summed E-state index contributed by atoms with van der Waals surface area (Å²) in [6.07, 6.45) is 0. The van der Waals surface area contributed by atoms with Gasteiger partial charge in [0.2, 0.25) is 13.6 Å². The highest BCUT2D eigenvalue weighted by Gasteiger charge is 2.25. The summed E-state index contributed by atoms with van der Waals surface area (Å²) in [6, 6.07) is 10.9. The first-order valence-corrected chi connectivity index (χ1v) is 8.12. The topological polar surface area (TPSA) is 74.2 Å². The Morgan fingerprint density at radius 2 is 1.65 bits per heavy atom. The molecule has 130 valence electrons. The van der Waals surface area contributed by atoms with E-state index in [1.807, 2.05) is 24.3 Å². The average molecular weight is 350 g/mol. The summed E-state index contributed by atoms with van der Waals surface area (Å²) < 4.78 is 22.1. The van der Waals surface area contributed by atoms with Gasteiger partial charge in [0.15, 0.2) is 23.0 Å². The van der Waals surface area contributed by atoms with Crippen LogP contribution in [0.4, 0.5) is 0 Å². The van der Waals surface area contributed by atoms with E-state index in [0.717, 1.165) is 21.9 Å². The zero-order chi connectivity index (χ0) is 17.8. The number of rotatable bonds is 2. The maximum Gasteiger partial charge on any atom is 0.335 e. The number of aromatic carboxylic acids is 1. The van der Waals surface area contributed by atoms with Gasteiger partial charge in [-0.05, 0) is 53.3 Å². The molecule has 2 aliphatic rings. The zero-order valence-corrected chi connectivity index (χ0v) is 13.9. The molecule has 0 amide bonds. The van der Waals surface area contributed by atoms with Crippen LogP contribution in [0.5, 0.6) is 23.0 Å². The summed E-state index contributed by atoms with van der Waals surface area (Å²) in [7, 11) is 0. The van der Waals surface area contributed by atoms with Gasteiger partial charge in [-0.1, -0.05) is 12.1 Å². The van der Waals surface area contributed by atoms with Crippen LogP contribution in [0.25, 0.3) is 21.9 Å². The van der Waals surface area contributed by atoms with E-state index in [-0.39, 0.29) is 19.1 Å². The van der Waals surface area contributed by atoms with E-state index in [2.05, 4.69) is 0 Å². The number of benzene rings is 3. The molecule has 0 bridgehead atoms. The zero-order valence-electron chi connectivity index (χ0n) is 13.9. The van der Waals surface area contributed by atoms with Crippen molar-refractivity contribution in [2.45, 2.75) is 6.92 Å². The van der Waals surface area contributed by atoms with Crippen molar-refractivity contribution in [3.63, 3.8) is 0 Å². The molecule has 5 rings (SSSR count). The van der Waals surface area contributed by atoms with Gasteiger partial charge in [-0.2, -0.15) is 0 Å². The molecule has 1 N–H and O–H groups in total. The van der Waals surface area contributed by atoms with Crippen LogP contribution >= 0.6 is 0 Å². The van der Waals surface area contributed by atoms with Gasteiger partial charge in [-0.3, -0.25) is 0 Å². The van der Waals surface area contributed by atoms with E-state index < -0.39 is 5.97 Å². The van der Waals surface area contributed by atoms with Crippen molar-refractivity contribution in [1.82, 2.24) is 0 Å². The van der Waals surface area contributed by atoms with Crippen LogP contribution in [0.3, 0.4) is 0 Å². The highest BCUT2D eigenvalue weighted by atomic mass is 16.7. The molecule has 6 nitrogen and oxygen atoms in total. The first-order valence-electron chi connectivity index (χ1n) is 8.12. The number of carboxylic acids is 1. The van der Waals surface area contributed by atoms with E-state index in [1.165, 1.54) is 0 Å². The Bertz CT molecular complexity index is 1090. The summed E-state index contributed by atoms with van der Waals surface area (Å²) in [5.41, 5.74) is 2.54. The van der Waals surface area contributed by atoms with E-state index in [9.17, 15) is 9.90 Å². The van der Waals surface area contributed by atoms with Crippen LogP contribution in [-0.4, -0.2) is 24.7 Å². The molecule has 2 aliphatic heterocycles. The molecule has 6 heteroatoms. The lowest BCUT2D eigenvalue weighted by Crippen LogP contribution is -2.02. The molecule has 26 heavy (non-hydrogen) atoms. The molecule has 0 fully saturated rings. The van der Waals surface area contributed by atoms with E-state index in [0.29, 0.717) is 28.6 Å². The number of fused-ring (bicyclic) bond motifs is 4. The Morgan fingerprint density at radius 1 is 0.923 bits per heavy atom. The number of carboxylic acid groups (broad SMARTS) is 1. The second-order valence-corrected chi connectivity index (χ2v) is 6.19. The number of hydrogen-bond donors (Lipinski definition) is 1. The van der Waals surface area contributed by atoms with Crippen molar-refractivity contribution in [2.75, 3.05) is 13.6 Å².